The Bertz CT molecular complexity index is 408. The Hall–Kier alpha value is -0.920. The van der Waals surface area contributed by atoms with Gasteiger partial charge in [-0.3, -0.25) is 0 Å². The Morgan fingerprint density at radius 1 is 1.57 bits per heavy atom. The van der Waals surface area contributed by atoms with Crippen LogP contribution in [-0.4, -0.2) is 30.7 Å². The van der Waals surface area contributed by atoms with Crippen LogP contribution in [0, 0.1) is 0 Å². The number of halogens is 1. The van der Waals surface area contributed by atoms with Crippen molar-refractivity contribution in [3.05, 3.63) is 17.5 Å². The van der Waals surface area contributed by atoms with E-state index in [1.165, 1.54) is 12.5 Å². The highest BCUT2D eigenvalue weighted by atomic mass is 35.5. The Morgan fingerprint density at radius 3 is 2.86 bits per heavy atom. The monoisotopic (exact) mass is 236 g/mol. The minimum Gasteiger partial charge on any atom is -0.368 e. The highest BCUT2D eigenvalue weighted by molar-refractivity contribution is 7.89. The smallest absolute Gasteiger partial charge is 0.210 e. The lowest BCUT2D eigenvalue weighted by molar-refractivity contribution is 0.598. The number of nitrogens with two attached hydrogens (primary N) is 1. The molecule has 0 aromatic carbocycles. The van der Waals surface area contributed by atoms with Gasteiger partial charge in [-0.1, -0.05) is 11.6 Å². The lowest BCUT2D eigenvalue weighted by Gasteiger charge is -2.04. The van der Waals surface area contributed by atoms with Gasteiger partial charge >= 0.3 is 0 Å². The molecule has 14 heavy (non-hydrogen) atoms. The van der Waals surface area contributed by atoms with Crippen molar-refractivity contribution in [2.75, 3.05) is 17.6 Å². The van der Waals surface area contributed by atoms with Crippen molar-refractivity contribution in [2.45, 2.75) is 0 Å². The molecule has 1 aromatic heterocycles. The van der Waals surface area contributed by atoms with Crippen molar-refractivity contribution in [2.24, 2.45) is 5.14 Å². The van der Waals surface area contributed by atoms with E-state index in [1.807, 2.05) is 0 Å². The van der Waals surface area contributed by atoms with E-state index in [0.717, 1.165) is 0 Å². The van der Waals surface area contributed by atoms with Crippen molar-refractivity contribution >= 4 is 27.4 Å². The molecule has 0 aliphatic heterocycles. The molecule has 0 aliphatic carbocycles. The van der Waals surface area contributed by atoms with Gasteiger partial charge in [0.1, 0.15) is 17.2 Å². The summed E-state index contributed by atoms with van der Waals surface area (Å²) in [5, 5.41) is 7.87. The molecule has 0 saturated carbocycles. The number of aromatic nitrogens is 2. The molecule has 0 bridgehead atoms. The predicted molar refractivity (Wildman–Crippen MR) is 53.5 cm³/mol. The normalized spacial score (nSPS) is 11.3. The van der Waals surface area contributed by atoms with E-state index in [-0.39, 0.29) is 12.3 Å². The fourth-order valence-corrected chi connectivity index (χ4v) is 1.31. The summed E-state index contributed by atoms with van der Waals surface area (Å²) >= 11 is 5.71. The van der Waals surface area contributed by atoms with Gasteiger partial charge in [0.2, 0.25) is 10.0 Å². The summed E-state index contributed by atoms with van der Waals surface area (Å²) in [5.41, 5.74) is 0. The topological polar surface area (TPSA) is 98.0 Å². The predicted octanol–water partition coefficient (Wildman–Crippen LogP) is -0.170. The lowest BCUT2D eigenvalue weighted by atomic mass is 10.5. The van der Waals surface area contributed by atoms with Crippen LogP contribution >= 0.6 is 11.6 Å². The van der Waals surface area contributed by atoms with Crippen LogP contribution < -0.4 is 10.5 Å². The van der Waals surface area contributed by atoms with Gasteiger partial charge in [0.15, 0.2) is 0 Å². The summed E-state index contributed by atoms with van der Waals surface area (Å²) in [6.45, 7) is 0.162. The van der Waals surface area contributed by atoms with Crippen LogP contribution in [0.25, 0.3) is 0 Å². The van der Waals surface area contributed by atoms with Crippen LogP contribution in [0.5, 0.6) is 0 Å². The maximum absolute atomic E-state index is 10.6. The number of sulfonamides is 1. The standard InChI is InChI=1S/C6H9ClN4O2S/c7-5-3-9-4-11-6(5)10-1-2-14(8,12)13/h3-4H,1-2H2,(H2,8,12,13)(H,9,10,11). The summed E-state index contributed by atoms with van der Waals surface area (Å²) < 4.78 is 21.2. The van der Waals surface area contributed by atoms with Crippen molar-refractivity contribution in [3.63, 3.8) is 0 Å². The fourth-order valence-electron chi connectivity index (χ4n) is 0.754. The summed E-state index contributed by atoms with van der Waals surface area (Å²) in [5.74, 6) is 0.221. The second kappa shape index (κ2) is 4.54. The van der Waals surface area contributed by atoms with Crippen LogP contribution in [0.1, 0.15) is 0 Å². The fraction of sp³-hybridized carbons (Fsp3) is 0.333. The number of anilines is 1. The second-order valence-electron chi connectivity index (χ2n) is 2.51. The zero-order valence-electron chi connectivity index (χ0n) is 7.14. The first-order valence-corrected chi connectivity index (χ1v) is 5.78. The summed E-state index contributed by atoms with van der Waals surface area (Å²) in [6.07, 6.45) is 2.72. The lowest BCUT2D eigenvalue weighted by Crippen LogP contribution is -2.22. The average molecular weight is 237 g/mol. The van der Waals surface area contributed by atoms with Crippen LogP contribution in [0.2, 0.25) is 5.02 Å². The molecule has 78 valence electrons. The summed E-state index contributed by atoms with van der Waals surface area (Å²) in [4.78, 5) is 7.48. The number of primary sulfonamides is 1. The van der Waals surface area contributed by atoms with E-state index in [2.05, 4.69) is 15.3 Å². The van der Waals surface area contributed by atoms with Crippen molar-refractivity contribution in [1.29, 1.82) is 0 Å². The number of rotatable bonds is 4. The molecular weight excluding hydrogens is 228 g/mol. The average Bonchev–Trinajstić information content (AvgIpc) is 2.06. The minimum absolute atomic E-state index is 0.162. The molecule has 0 amide bonds. The number of hydrogen-bond donors (Lipinski definition) is 2. The molecule has 3 N–H and O–H groups in total. The largest absolute Gasteiger partial charge is 0.368 e. The van der Waals surface area contributed by atoms with Gasteiger partial charge < -0.3 is 5.32 Å². The molecule has 0 saturated heterocycles. The van der Waals surface area contributed by atoms with Crippen molar-refractivity contribution in [1.82, 2.24) is 9.97 Å². The van der Waals surface area contributed by atoms with Crippen LogP contribution in [0.3, 0.4) is 0 Å². The Labute approximate surface area is 86.6 Å². The Morgan fingerprint density at radius 2 is 2.29 bits per heavy atom. The third kappa shape index (κ3) is 3.86. The van der Waals surface area contributed by atoms with Gasteiger partial charge in [0.05, 0.1) is 11.9 Å². The van der Waals surface area contributed by atoms with Crippen LogP contribution in [0.4, 0.5) is 5.82 Å². The molecule has 0 unspecified atom stereocenters. The third-order valence-electron chi connectivity index (χ3n) is 1.35. The van der Waals surface area contributed by atoms with E-state index in [1.54, 1.807) is 0 Å². The second-order valence-corrected chi connectivity index (χ2v) is 4.65. The highest BCUT2D eigenvalue weighted by Crippen LogP contribution is 2.15. The molecule has 1 aromatic rings. The maximum atomic E-state index is 10.6. The zero-order chi connectivity index (χ0) is 10.6. The zero-order valence-corrected chi connectivity index (χ0v) is 8.72. The van der Waals surface area contributed by atoms with Gasteiger partial charge in [0, 0.05) is 6.54 Å². The molecule has 0 fully saturated rings. The van der Waals surface area contributed by atoms with E-state index >= 15 is 0 Å². The highest BCUT2D eigenvalue weighted by Gasteiger charge is 2.04. The molecule has 1 heterocycles. The molecule has 0 spiro atoms. The van der Waals surface area contributed by atoms with E-state index in [9.17, 15) is 8.42 Å². The molecule has 8 heteroatoms. The van der Waals surface area contributed by atoms with Gasteiger partial charge in [-0.2, -0.15) is 0 Å². The first kappa shape index (κ1) is 11.2. The summed E-state index contributed by atoms with van der Waals surface area (Å²) in [6, 6.07) is 0. The molecule has 6 nitrogen and oxygen atoms in total. The molecule has 0 atom stereocenters. The Balaban J connectivity index is 2.51. The Kier molecular flexibility index (Phi) is 3.62. The van der Waals surface area contributed by atoms with Gasteiger partial charge in [-0.05, 0) is 0 Å². The van der Waals surface area contributed by atoms with Gasteiger partial charge in [-0.15, -0.1) is 0 Å². The SMILES string of the molecule is NS(=O)(=O)CCNc1ncncc1Cl. The number of nitrogens with zero attached hydrogens (tertiary/aromatic N) is 2. The van der Waals surface area contributed by atoms with E-state index in [4.69, 9.17) is 16.7 Å². The maximum Gasteiger partial charge on any atom is 0.210 e. The third-order valence-corrected chi connectivity index (χ3v) is 2.40. The molecule has 0 aliphatic rings. The molecule has 1 rings (SSSR count). The van der Waals surface area contributed by atoms with Gasteiger partial charge in [-0.25, -0.2) is 23.5 Å². The van der Waals surface area contributed by atoms with E-state index < -0.39 is 10.0 Å². The first-order valence-electron chi connectivity index (χ1n) is 3.69. The quantitative estimate of drug-likeness (QED) is 0.757. The van der Waals surface area contributed by atoms with E-state index in [0.29, 0.717) is 10.8 Å². The van der Waals surface area contributed by atoms with Crippen molar-refractivity contribution < 1.29 is 8.42 Å². The van der Waals surface area contributed by atoms with Crippen LogP contribution in [0.15, 0.2) is 12.5 Å². The molecular formula is C6H9ClN4O2S. The number of nitrogens with one attached hydrogen (secondary N) is 1. The summed E-state index contributed by atoms with van der Waals surface area (Å²) in [7, 11) is -3.46. The van der Waals surface area contributed by atoms with Crippen molar-refractivity contribution in [3.8, 4) is 0 Å². The number of hydrogen-bond acceptors (Lipinski definition) is 5. The first-order chi connectivity index (χ1) is 6.49. The van der Waals surface area contributed by atoms with Crippen LogP contribution in [-0.2, 0) is 10.0 Å². The van der Waals surface area contributed by atoms with Gasteiger partial charge in [0.25, 0.3) is 0 Å². The molecule has 0 radical (unpaired) electrons. The minimum atomic E-state index is -3.46.